The summed E-state index contributed by atoms with van der Waals surface area (Å²) in [6.45, 7) is 12.4. The topological polar surface area (TPSA) is 38.8 Å². The molecule has 2 aromatic rings. The zero-order valence-electron chi connectivity index (χ0n) is 19.0. The van der Waals surface area contributed by atoms with Crippen LogP contribution in [0.25, 0.3) is 0 Å². The molecule has 0 aliphatic carbocycles. The van der Waals surface area contributed by atoms with Crippen LogP contribution in [0.2, 0.25) is 0 Å². The molecule has 0 spiro atoms. The number of halogens is 2. The predicted molar refractivity (Wildman–Crippen MR) is 120 cm³/mol. The van der Waals surface area contributed by atoms with Gasteiger partial charge in [-0.2, -0.15) is 0 Å². The SMILES string of the molecule is CC.CC1(C)OB(c2ccc(N3CCC(c4cc(F)ccc4F)C3=O)cc2)OC1(C)C. The van der Waals surface area contributed by atoms with Crippen LogP contribution in [0.1, 0.15) is 59.4 Å². The number of anilines is 1. The summed E-state index contributed by atoms with van der Waals surface area (Å²) in [7, 11) is -0.475. The van der Waals surface area contributed by atoms with E-state index in [1.807, 2.05) is 65.8 Å². The lowest BCUT2D eigenvalue weighted by molar-refractivity contribution is -0.118. The number of nitrogens with zero attached hydrogens (tertiary/aromatic N) is 1. The first-order valence-corrected chi connectivity index (χ1v) is 10.8. The highest BCUT2D eigenvalue weighted by atomic mass is 19.1. The van der Waals surface area contributed by atoms with Crippen LogP contribution in [-0.4, -0.2) is 30.8 Å². The van der Waals surface area contributed by atoms with E-state index in [-0.39, 0.29) is 11.5 Å². The summed E-state index contributed by atoms with van der Waals surface area (Å²) in [5.41, 5.74) is 0.847. The third-order valence-electron chi connectivity index (χ3n) is 6.27. The van der Waals surface area contributed by atoms with Crippen LogP contribution in [0, 0.1) is 11.6 Å². The number of hydrogen-bond donors (Lipinski definition) is 0. The third kappa shape index (κ3) is 4.39. The van der Waals surface area contributed by atoms with E-state index in [0.29, 0.717) is 13.0 Å². The number of rotatable bonds is 3. The average molecular weight is 429 g/mol. The van der Waals surface area contributed by atoms with Gasteiger partial charge in [-0.15, -0.1) is 0 Å². The first-order valence-electron chi connectivity index (χ1n) is 10.8. The number of amides is 1. The maximum atomic E-state index is 14.1. The Kier molecular flexibility index (Phi) is 6.58. The van der Waals surface area contributed by atoms with Crippen molar-refractivity contribution >= 4 is 24.2 Å². The summed E-state index contributed by atoms with van der Waals surface area (Å²) >= 11 is 0. The Hall–Kier alpha value is -2.25. The highest BCUT2D eigenvalue weighted by Gasteiger charge is 2.51. The fourth-order valence-corrected chi connectivity index (χ4v) is 3.80. The van der Waals surface area contributed by atoms with Gasteiger partial charge < -0.3 is 14.2 Å². The molecule has 0 radical (unpaired) electrons. The van der Waals surface area contributed by atoms with Crippen molar-refractivity contribution in [1.82, 2.24) is 0 Å². The monoisotopic (exact) mass is 429 g/mol. The van der Waals surface area contributed by atoms with Crippen LogP contribution < -0.4 is 10.4 Å². The lowest BCUT2D eigenvalue weighted by Crippen LogP contribution is -2.41. The number of carbonyl (C=O) groups is 1. The van der Waals surface area contributed by atoms with Gasteiger partial charge in [0.2, 0.25) is 5.91 Å². The molecular formula is C24H30BF2NO3. The Morgan fingerprint density at radius 1 is 0.968 bits per heavy atom. The lowest BCUT2D eigenvalue weighted by atomic mass is 9.79. The second-order valence-corrected chi connectivity index (χ2v) is 8.68. The van der Waals surface area contributed by atoms with E-state index < -0.39 is 35.9 Å². The van der Waals surface area contributed by atoms with Gasteiger partial charge in [-0.25, -0.2) is 8.78 Å². The molecule has 1 atom stereocenters. The molecule has 1 unspecified atom stereocenters. The van der Waals surface area contributed by atoms with Gasteiger partial charge in [-0.1, -0.05) is 26.0 Å². The maximum Gasteiger partial charge on any atom is 0.494 e. The minimum Gasteiger partial charge on any atom is -0.399 e. The molecule has 2 heterocycles. The van der Waals surface area contributed by atoms with Gasteiger partial charge in [-0.3, -0.25) is 4.79 Å². The third-order valence-corrected chi connectivity index (χ3v) is 6.27. The fourth-order valence-electron chi connectivity index (χ4n) is 3.80. The Labute approximate surface area is 183 Å². The second-order valence-electron chi connectivity index (χ2n) is 8.68. The molecule has 0 saturated carbocycles. The highest BCUT2D eigenvalue weighted by Crippen LogP contribution is 2.37. The average Bonchev–Trinajstić information content (AvgIpc) is 3.21. The van der Waals surface area contributed by atoms with Crippen LogP contribution in [0.15, 0.2) is 42.5 Å². The molecule has 2 aliphatic heterocycles. The molecule has 4 nitrogen and oxygen atoms in total. The van der Waals surface area contributed by atoms with Crippen molar-refractivity contribution < 1.29 is 22.9 Å². The van der Waals surface area contributed by atoms with Crippen LogP contribution in [0.3, 0.4) is 0 Å². The summed E-state index contributed by atoms with van der Waals surface area (Å²) < 4.78 is 39.8. The molecule has 31 heavy (non-hydrogen) atoms. The number of carbonyl (C=O) groups excluding carboxylic acids is 1. The first kappa shape index (κ1) is 23.4. The van der Waals surface area contributed by atoms with Gasteiger partial charge in [0.05, 0.1) is 17.1 Å². The zero-order valence-corrected chi connectivity index (χ0v) is 19.0. The van der Waals surface area contributed by atoms with Crippen LogP contribution in [-0.2, 0) is 14.1 Å². The maximum absolute atomic E-state index is 14.1. The van der Waals surface area contributed by atoms with Crippen molar-refractivity contribution in [2.75, 3.05) is 11.4 Å². The van der Waals surface area contributed by atoms with Crippen molar-refractivity contribution in [2.24, 2.45) is 0 Å². The van der Waals surface area contributed by atoms with Crippen molar-refractivity contribution in [1.29, 1.82) is 0 Å². The second kappa shape index (κ2) is 8.71. The smallest absolute Gasteiger partial charge is 0.399 e. The van der Waals surface area contributed by atoms with E-state index in [0.717, 1.165) is 29.3 Å². The molecule has 0 aromatic heterocycles. The molecule has 2 aromatic carbocycles. The van der Waals surface area contributed by atoms with Gasteiger partial charge in [0.1, 0.15) is 11.6 Å². The van der Waals surface area contributed by atoms with Gasteiger partial charge in [0.15, 0.2) is 0 Å². The zero-order chi connectivity index (χ0) is 23.0. The van der Waals surface area contributed by atoms with Gasteiger partial charge in [-0.05, 0) is 69.9 Å². The summed E-state index contributed by atoms with van der Waals surface area (Å²) in [4.78, 5) is 14.5. The minimum absolute atomic E-state index is 0.117. The highest BCUT2D eigenvalue weighted by molar-refractivity contribution is 6.62. The molecule has 2 fully saturated rings. The summed E-state index contributed by atoms with van der Waals surface area (Å²) in [5.74, 6) is -1.99. The van der Waals surface area contributed by atoms with E-state index in [4.69, 9.17) is 9.31 Å². The molecule has 166 valence electrons. The first-order chi connectivity index (χ1) is 14.6. The van der Waals surface area contributed by atoms with Crippen molar-refractivity contribution in [3.63, 3.8) is 0 Å². The molecule has 1 amide bonds. The Balaban J connectivity index is 0.00000132. The van der Waals surface area contributed by atoms with E-state index in [9.17, 15) is 13.6 Å². The standard InChI is InChI=1S/C22H24BF2NO3.C2H6/c1-21(2)22(3,4)29-23(28-21)14-5-8-16(9-6-14)26-12-11-17(20(26)27)18-13-15(24)7-10-19(18)25;1-2/h5-10,13,17H,11-12H2,1-4H3;1-2H3. The van der Waals surface area contributed by atoms with E-state index >= 15 is 0 Å². The molecular weight excluding hydrogens is 399 g/mol. The Morgan fingerprint density at radius 3 is 2.13 bits per heavy atom. The van der Waals surface area contributed by atoms with Crippen LogP contribution in [0.5, 0.6) is 0 Å². The Bertz CT molecular complexity index is 930. The molecule has 0 N–H and O–H groups in total. The molecule has 0 bridgehead atoms. The summed E-state index contributed by atoms with van der Waals surface area (Å²) in [6, 6.07) is 10.7. The van der Waals surface area contributed by atoms with E-state index in [1.54, 1.807) is 4.90 Å². The normalized spacial score (nSPS) is 21.8. The van der Waals surface area contributed by atoms with Crippen molar-refractivity contribution in [2.45, 2.75) is 65.1 Å². The predicted octanol–water partition coefficient (Wildman–Crippen LogP) is 4.81. The van der Waals surface area contributed by atoms with Crippen molar-refractivity contribution in [3.8, 4) is 0 Å². The summed E-state index contributed by atoms with van der Waals surface area (Å²) in [5, 5.41) is 0. The quantitative estimate of drug-likeness (QED) is 0.658. The number of benzene rings is 2. The van der Waals surface area contributed by atoms with Crippen molar-refractivity contribution in [3.05, 3.63) is 59.7 Å². The minimum atomic E-state index is -0.673. The molecule has 2 saturated heterocycles. The van der Waals surface area contributed by atoms with E-state index in [2.05, 4.69) is 0 Å². The summed E-state index contributed by atoms with van der Waals surface area (Å²) in [6.07, 6.45) is 0.443. The van der Waals surface area contributed by atoms with Crippen LogP contribution in [0.4, 0.5) is 14.5 Å². The number of hydrogen-bond acceptors (Lipinski definition) is 3. The molecule has 4 rings (SSSR count). The lowest BCUT2D eigenvalue weighted by Gasteiger charge is -2.32. The van der Waals surface area contributed by atoms with Crippen LogP contribution >= 0.6 is 0 Å². The van der Waals surface area contributed by atoms with E-state index in [1.165, 1.54) is 0 Å². The Morgan fingerprint density at radius 2 is 1.55 bits per heavy atom. The molecule has 2 aliphatic rings. The van der Waals surface area contributed by atoms with Gasteiger partial charge in [0.25, 0.3) is 0 Å². The largest absolute Gasteiger partial charge is 0.494 e. The van der Waals surface area contributed by atoms with Gasteiger partial charge >= 0.3 is 7.12 Å². The molecule has 7 heteroatoms. The van der Waals surface area contributed by atoms with Gasteiger partial charge in [0, 0.05) is 17.8 Å². The fraction of sp³-hybridized carbons (Fsp3) is 0.458.